The molecule has 0 aliphatic carbocycles. The Bertz CT molecular complexity index is 887. The van der Waals surface area contributed by atoms with E-state index in [0.29, 0.717) is 11.4 Å². The molecule has 1 fully saturated rings. The van der Waals surface area contributed by atoms with Crippen LogP contribution in [0, 0.1) is 0 Å². The Kier molecular flexibility index (Phi) is 3.86. The van der Waals surface area contributed by atoms with E-state index in [9.17, 15) is 4.79 Å². The van der Waals surface area contributed by atoms with Gasteiger partial charge in [0.15, 0.2) is 0 Å². The Morgan fingerprint density at radius 1 is 1.38 bits per heavy atom. The van der Waals surface area contributed by atoms with Crippen LogP contribution in [0.15, 0.2) is 41.7 Å². The summed E-state index contributed by atoms with van der Waals surface area (Å²) in [6, 6.07) is 7.89. The lowest BCUT2D eigenvalue weighted by molar-refractivity contribution is 0.167. The Labute approximate surface area is 139 Å². The van der Waals surface area contributed by atoms with Gasteiger partial charge in [0.25, 0.3) is 5.56 Å². The van der Waals surface area contributed by atoms with Crippen molar-refractivity contribution >= 4 is 10.9 Å². The number of nitrogens with one attached hydrogen (secondary N) is 1. The zero-order valence-corrected chi connectivity index (χ0v) is 13.6. The third kappa shape index (κ3) is 2.71. The molecule has 1 saturated heterocycles. The number of hydrogen-bond donors (Lipinski definition) is 1. The van der Waals surface area contributed by atoms with Crippen molar-refractivity contribution < 1.29 is 0 Å². The van der Waals surface area contributed by atoms with Gasteiger partial charge in [-0.25, -0.2) is 9.97 Å². The van der Waals surface area contributed by atoms with Gasteiger partial charge >= 0.3 is 0 Å². The van der Waals surface area contributed by atoms with Crippen molar-refractivity contribution in [2.75, 3.05) is 6.54 Å². The fourth-order valence-corrected chi connectivity index (χ4v) is 3.57. The maximum Gasteiger partial charge on any atom is 0.258 e. The highest BCUT2D eigenvalue weighted by molar-refractivity contribution is 5.77. The second-order valence-electron chi connectivity index (χ2n) is 6.30. The Morgan fingerprint density at radius 3 is 3.08 bits per heavy atom. The van der Waals surface area contributed by atoms with Gasteiger partial charge in [0.2, 0.25) is 0 Å². The fourth-order valence-electron chi connectivity index (χ4n) is 3.57. The molecule has 0 radical (unpaired) electrons. The summed E-state index contributed by atoms with van der Waals surface area (Å²) in [4.78, 5) is 26.4. The molecule has 1 aliphatic rings. The first kappa shape index (κ1) is 15.0. The van der Waals surface area contributed by atoms with Gasteiger partial charge in [0.1, 0.15) is 18.5 Å². The number of H-pyrrole nitrogens is 1. The van der Waals surface area contributed by atoms with Crippen LogP contribution < -0.4 is 5.56 Å². The number of rotatable bonds is 4. The van der Waals surface area contributed by atoms with E-state index in [1.54, 1.807) is 18.7 Å². The minimum absolute atomic E-state index is 0.0540. The number of likely N-dealkylation sites (tertiary alicyclic amines) is 1. The third-order valence-corrected chi connectivity index (χ3v) is 4.81. The van der Waals surface area contributed by atoms with E-state index in [-0.39, 0.29) is 11.6 Å². The van der Waals surface area contributed by atoms with E-state index in [1.807, 2.05) is 22.9 Å². The van der Waals surface area contributed by atoms with Gasteiger partial charge in [-0.3, -0.25) is 14.4 Å². The van der Waals surface area contributed by atoms with Crippen molar-refractivity contribution in [2.45, 2.75) is 38.4 Å². The molecule has 7 heteroatoms. The van der Waals surface area contributed by atoms with Crippen LogP contribution in [-0.2, 0) is 6.54 Å². The van der Waals surface area contributed by atoms with Crippen LogP contribution in [-0.4, -0.2) is 42.2 Å². The van der Waals surface area contributed by atoms with Crippen molar-refractivity contribution in [1.29, 1.82) is 0 Å². The first-order valence-corrected chi connectivity index (χ1v) is 8.29. The minimum Gasteiger partial charge on any atom is -0.309 e. The molecule has 0 saturated carbocycles. The highest BCUT2D eigenvalue weighted by Gasteiger charge is 2.31. The van der Waals surface area contributed by atoms with Crippen molar-refractivity contribution in [3.8, 4) is 0 Å². The van der Waals surface area contributed by atoms with Crippen LogP contribution in [0.1, 0.15) is 31.6 Å². The first-order chi connectivity index (χ1) is 11.7. The van der Waals surface area contributed by atoms with Crippen molar-refractivity contribution in [1.82, 2.24) is 29.6 Å². The number of aromatic amines is 1. The number of benzene rings is 1. The van der Waals surface area contributed by atoms with E-state index < -0.39 is 0 Å². The smallest absolute Gasteiger partial charge is 0.258 e. The summed E-state index contributed by atoms with van der Waals surface area (Å²) < 4.78 is 1.87. The molecule has 0 bridgehead atoms. The van der Waals surface area contributed by atoms with E-state index in [2.05, 4.69) is 31.9 Å². The second kappa shape index (κ2) is 6.16. The van der Waals surface area contributed by atoms with E-state index >= 15 is 0 Å². The molecular weight excluding hydrogens is 304 g/mol. The van der Waals surface area contributed by atoms with Crippen LogP contribution in [0.25, 0.3) is 10.9 Å². The zero-order valence-electron chi connectivity index (χ0n) is 13.6. The average molecular weight is 324 g/mol. The molecule has 1 N–H and O–H groups in total. The number of hydrogen-bond acceptors (Lipinski definition) is 5. The number of fused-ring (bicyclic) bond motifs is 1. The molecular formula is C17H20N6O. The summed E-state index contributed by atoms with van der Waals surface area (Å²) in [5.41, 5.74) is 0.671. The molecule has 0 amide bonds. The number of para-hydroxylation sites is 1. The van der Waals surface area contributed by atoms with Crippen LogP contribution in [0.5, 0.6) is 0 Å². The molecule has 3 heterocycles. The second-order valence-corrected chi connectivity index (χ2v) is 6.30. The van der Waals surface area contributed by atoms with Crippen LogP contribution in [0.2, 0.25) is 0 Å². The number of aromatic nitrogens is 5. The van der Waals surface area contributed by atoms with E-state index in [4.69, 9.17) is 0 Å². The molecule has 4 rings (SSSR count). The van der Waals surface area contributed by atoms with Crippen LogP contribution in [0.3, 0.4) is 0 Å². The molecule has 3 aromatic rings. The monoisotopic (exact) mass is 324 g/mol. The van der Waals surface area contributed by atoms with Gasteiger partial charge in [0, 0.05) is 6.04 Å². The Balaban J connectivity index is 1.62. The summed E-state index contributed by atoms with van der Waals surface area (Å²) in [5.74, 6) is 0.726. The molecule has 2 aromatic heterocycles. The number of nitrogens with zero attached hydrogens (tertiary/aromatic N) is 5. The van der Waals surface area contributed by atoms with E-state index in [0.717, 1.165) is 37.3 Å². The largest absolute Gasteiger partial charge is 0.309 e. The summed E-state index contributed by atoms with van der Waals surface area (Å²) in [5, 5.41) is 4.84. The van der Waals surface area contributed by atoms with Crippen LogP contribution >= 0.6 is 0 Å². The van der Waals surface area contributed by atoms with Crippen molar-refractivity contribution in [3.63, 3.8) is 0 Å². The summed E-state index contributed by atoms with van der Waals surface area (Å²) in [6.07, 6.45) is 5.56. The molecule has 2 atom stereocenters. The maximum atomic E-state index is 12.3. The Morgan fingerprint density at radius 2 is 2.25 bits per heavy atom. The Hall–Kier alpha value is -2.54. The van der Waals surface area contributed by atoms with Gasteiger partial charge in [-0.1, -0.05) is 12.1 Å². The lowest BCUT2D eigenvalue weighted by atomic mass is 10.1. The molecule has 1 aliphatic heterocycles. The topological polar surface area (TPSA) is 79.7 Å². The van der Waals surface area contributed by atoms with Crippen molar-refractivity contribution in [2.24, 2.45) is 0 Å². The minimum atomic E-state index is -0.0746. The average Bonchev–Trinajstić information content (AvgIpc) is 3.26. The molecule has 0 unspecified atom stereocenters. The molecule has 7 nitrogen and oxygen atoms in total. The summed E-state index contributed by atoms with van der Waals surface area (Å²) in [7, 11) is 0. The quantitative estimate of drug-likeness (QED) is 0.791. The van der Waals surface area contributed by atoms with Gasteiger partial charge in [-0.2, -0.15) is 5.10 Å². The SMILES string of the molecule is C[C@@H](c1nc2ccccc2c(=O)[nH]1)N1CCC[C@@H]1Cn1cncn1. The van der Waals surface area contributed by atoms with Crippen molar-refractivity contribution in [3.05, 3.63) is 53.1 Å². The highest BCUT2D eigenvalue weighted by atomic mass is 16.1. The predicted octanol–water partition coefficient (Wildman–Crippen LogP) is 1.74. The third-order valence-electron chi connectivity index (χ3n) is 4.81. The van der Waals surface area contributed by atoms with E-state index in [1.165, 1.54) is 0 Å². The maximum absolute atomic E-state index is 12.3. The summed E-state index contributed by atoms with van der Waals surface area (Å²) in [6.45, 7) is 3.91. The lowest BCUT2D eigenvalue weighted by Gasteiger charge is -2.29. The van der Waals surface area contributed by atoms with Gasteiger partial charge in [0.05, 0.1) is 23.5 Å². The molecule has 124 valence electrons. The highest BCUT2D eigenvalue weighted by Crippen LogP contribution is 2.28. The fraction of sp³-hybridized carbons (Fsp3) is 0.412. The molecule has 24 heavy (non-hydrogen) atoms. The van der Waals surface area contributed by atoms with Gasteiger partial charge < -0.3 is 4.98 Å². The first-order valence-electron chi connectivity index (χ1n) is 8.29. The lowest BCUT2D eigenvalue weighted by Crippen LogP contribution is -2.36. The van der Waals surface area contributed by atoms with Gasteiger partial charge in [-0.15, -0.1) is 0 Å². The zero-order chi connectivity index (χ0) is 16.5. The van der Waals surface area contributed by atoms with Crippen LogP contribution in [0.4, 0.5) is 0 Å². The van der Waals surface area contributed by atoms with Gasteiger partial charge in [-0.05, 0) is 38.4 Å². The predicted molar refractivity (Wildman–Crippen MR) is 90.5 cm³/mol. The standard InChI is InChI=1S/C17H20N6O/c1-12(16-20-15-7-3-2-6-14(15)17(24)21-16)23-8-4-5-13(23)9-22-11-18-10-19-22/h2-3,6-7,10-13H,4-5,8-9H2,1H3,(H,20,21,24)/t12-,13+/m0/s1. The summed E-state index contributed by atoms with van der Waals surface area (Å²) >= 11 is 0. The molecule has 1 aromatic carbocycles. The normalized spacial score (nSPS) is 19.8. The molecule has 0 spiro atoms.